The molecule has 3 aromatic rings. The van der Waals surface area contributed by atoms with Gasteiger partial charge < -0.3 is 19.6 Å². The van der Waals surface area contributed by atoms with E-state index in [1.807, 2.05) is 71.3 Å². The summed E-state index contributed by atoms with van der Waals surface area (Å²) < 4.78 is 0. The van der Waals surface area contributed by atoms with Crippen molar-refractivity contribution >= 4 is 23.2 Å². The molecule has 2 saturated heterocycles. The van der Waals surface area contributed by atoms with E-state index in [0.29, 0.717) is 74.6 Å². The van der Waals surface area contributed by atoms with E-state index >= 15 is 0 Å². The van der Waals surface area contributed by atoms with Crippen LogP contribution in [0.15, 0.2) is 66.7 Å². The molecule has 8 heteroatoms. The number of aryl methyl sites for hydroxylation is 1. The SMILES string of the molecule is Cc1ccc(C(=O)N2CCN(c3ccccc3C#N)CC2)cc1C(=O)N1CCN(c2ccccc2C#N)CC1. The van der Waals surface area contributed by atoms with Crippen molar-refractivity contribution in [2.75, 3.05) is 62.2 Å². The van der Waals surface area contributed by atoms with Crippen molar-refractivity contribution in [1.82, 2.24) is 9.80 Å². The smallest absolute Gasteiger partial charge is 0.254 e. The molecular formula is C31H30N6O2. The Morgan fingerprint density at radius 2 is 1.10 bits per heavy atom. The number of nitrogens with zero attached hydrogens (tertiary/aromatic N) is 6. The molecule has 2 aliphatic heterocycles. The van der Waals surface area contributed by atoms with Crippen LogP contribution in [0.1, 0.15) is 37.4 Å². The normalized spacial score (nSPS) is 15.5. The third-order valence-corrected chi connectivity index (χ3v) is 7.58. The topological polar surface area (TPSA) is 94.7 Å². The number of para-hydroxylation sites is 2. The molecule has 8 nitrogen and oxygen atoms in total. The summed E-state index contributed by atoms with van der Waals surface area (Å²) in [6, 6.07) is 24.9. The third kappa shape index (κ3) is 5.28. The molecular weight excluding hydrogens is 488 g/mol. The Balaban J connectivity index is 1.24. The number of carbonyl (C=O) groups is 2. The summed E-state index contributed by atoms with van der Waals surface area (Å²) in [4.78, 5) is 34.8. The molecule has 0 N–H and O–H groups in total. The Morgan fingerprint density at radius 3 is 1.59 bits per heavy atom. The molecule has 0 atom stereocenters. The lowest BCUT2D eigenvalue weighted by atomic mass is 10.0. The van der Waals surface area contributed by atoms with Gasteiger partial charge in [0.1, 0.15) is 12.1 Å². The highest BCUT2D eigenvalue weighted by Gasteiger charge is 2.27. The summed E-state index contributed by atoms with van der Waals surface area (Å²) in [5.41, 5.74) is 4.96. The van der Waals surface area contributed by atoms with Crippen LogP contribution >= 0.6 is 0 Å². The minimum absolute atomic E-state index is 0.0756. The van der Waals surface area contributed by atoms with Crippen molar-refractivity contribution in [3.8, 4) is 12.1 Å². The van der Waals surface area contributed by atoms with Crippen molar-refractivity contribution in [2.45, 2.75) is 6.92 Å². The summed E-state index contributed by atoms with van der Waals surface area (Å²) in [7, 11) is 0. The highest BCUT2D eigenvalue weighted by atomic mass is 16.2. The Hall–Kier alpha value is -4.82. The fourth-order valence-electron chi connectivity index (χ4n) is 5.33. The standard InChI is InChI=1S/C31H30N6O2/c1-23-10-11-24(30(38)36-16-12-34(13-17-36)28-8-4-2-6-25(28)21-32)20-27(23)31(39)37-18-14-35(15-19-37)29-9-5-3-7-26(29)22-33/h2-11,20H,12-19H2,1H3. The number of benzene rings is 3. The lowest BCUT2D eigenvalue weighted by molar-refractivity contribution is 0.0744. The van der Waals surface area contributed by atoms with Crippen LogP contribution in [0.4, 0.5) is 11.4 Å². The molecule has 39 heavy (non-hydrogen) atoms. The third-order valence-electron chi connectivity index (χ3n) is 7.58. The Morgan fingerprint density at radius 1 is 0.641 bits per heavy atom. The van der Waals surface area contributed by atoms with Gasteiger partial charge >= 0.3 is 0 Å². The lowest BCUT2D eigenvalue weighted by Gasteiger charge is -2.37. The highest BCUT2D eigenvalue weighted by Crippen LogP contribution is 2.24. The van der Waals surface area contributed by atoms with E-state index in [2.05, 4.69) is 21.9 Å². The number of amides is 2. The van der Waals surface area contributed by atoms with Gasteiger partial charge in [-0.15, -0.1) is 0 Å². The van der Waals surface area contributed by atoms with Crippen LogP contribution in [0.25, 0.3) is 0 Å². The number of anilines is 2. The maximum atomic E-state index is 13.5. The fourth-order valence-corrected chi connectivity index (χ4v) is 5.33. The van der Waals surface area contributed by atoms with Crippen LogP contribution in [-0.2, 0) is 0 Å². The fraction of sp³-hybridized carbons (Fsp3) is 0.290. The van der Waals surface area contributed by atoms with Gasteiger partial charge in [0.2, 0.25) is 0 Å². The first-order valence-electron chi connectivity index (χ1n) is 13.2. The lowest BCUT2D eigenvalue weighted by Crippen LogP contribution is -2.49. The van der Waals surface area contributed by atoms with Gasteiger partial charge in [0.05, 0.1) is 22.5 Å². The minimum atomic E-state index is -0.0878. The second-order valence-electron chi connectivity index (χ2n) is 9.85. The van der Waals surface area contributed by atoms with E-state index in [-0.39, 0.29) is 11.8 Å². The first kappa shape index (κ1) is 25.8. The minimum Gasteiger partial charge on any atom is -0.367 e. The largest absolute Gasteiger partial charge is 0.367 e. The Kier molecular flexibility index (Phi) is 7.47. The number of hydrogen-bond acceptors (Lipinski definition) is 6. The van der Waals surface area contributed by atoms with Crippen LogP contribution < -0.4 is 9.80 Å². The molecule has 0 aliphatic carbocycles. The number of nitriles is 2. The van der Waals surface area contributed by atoms with Crippen LogP contribution in [0.5, 0.6) is 0 Å². The molecule has 0 spiro atoms. The first-order valence-corrected chi connectivity index (χ1v) is 13.2. The van der Waals surface area contributed by atoms with Gasteiger partial charge in [0.25, 0.3) is 11.8 Å². The molecule has 2 amide bonds. The highest BCUT2D eigenvalue weighted by molar-refractivity contribution is 6.00. The number of carbonyl (C=O) groups excluding carboxylic acids is 2. The predicted octanol–water partition coefficient (Wildman–Crippen LogP) is 3.66. The van der Waals surface area contributed by atoms with Crippen molar-refractivity contribution in [3.05, 3.63) is 94.5 Å². The van der Waals surface area contributed by atoms with E-state index in [1.54, 1.807) is 12.1 Å². The van der Waals surface area contributed by atoms with Crippen LogP contribution in [0.3, 0.4) is 0 Å². The molecule has 5 rings (SSSR count). The van der Waals surface area contributed by atoms with Gasteiger partial charge in [-0.3, -0.25) is 9.59 Å². The summed E-state index contributed by atoms with van der Waals surface area (Å²) in [5.74, 6) is -0.163. The molecule has 0 saturated carbocycles. The van der Waals surface area contributed by atoms with Gasteiger partial charge in [0.15, 0.2) is 0 Å². The molecule has 2 fully saturated rings. The van der Waals surface area contributed by atoms with Crippen molar-refractivity contribution in [1.29, 1.82) is 10.5 Å². The monoisotopic (exact) mass is 518 g/mol. The summed E-state index contributed by atoms with van der Waals surface area (Å²) in [6.45, 7) is 6.63. The van der Waals surface area contributed by atoms with E-state index in [9.17, 15) is 20.1 Å². The molecule has 3 aromatic carbocycles. The van der Waals surface area contributed by atoms with E-state index < -0.39 is 0 Å². The molecule has 2 heterocycles. The zero-order chi connectivity index (χ0) is 27.4. The van der Waals surface area contributed by atoms with E-state index in [0.717, 1.165) is 16.9 Å². The molecule has 0 radical (unpaired) electrons. The van der Waals surface area contributed by atoms with Crippen LogP contribution in [0, 0.1) is 29.6 Å². The maximum absolute atomic E-state index is 13.5. The Bertz CT molecular complexity index is 1470. The van der Waals surface area contributed by atoms with Crippen LogP contribution in [0.2, 0.25) is 0 Å². The van der Waals surface area contributed by atoms with Crippen molar-refractivity contribution in [3.63, 3.8) is 0 Å². The molecule has 0 unspecified atom stereocenters. The average molecular weight is 519 g/mol. The Labute approximate surface area is 228 Å². The van der Waals surface area contributed by atoms with Gasteiger partial charge in [-0.05, 0) is 48.9 Å². The number of piperazine rings is 2. The summed E-state index contributed by atoms with van der Waals surface area (Å²) in [5, 5.41) is 18.9. The van der Waals surface area contributed by atoms with Crippen molar-refractivity contribution < 1.29 is 9.59 Å². The number of hydrogen-bond donors (Lipinski definition) is 0. The summed E-state index contributed by atoms with van der Waals surface area (Å²) in [6.07, 6.45) is 0. The summed E-state index contributed by atoms with van der Waals surface area (Å²) >= 11 is 0. The first-order chi connectivity index (χ1) is 19.0. The molecule has 0 aromatic heterocycles. The molecule has 0 bridgehead atoms. The molecule has 196 valence electrons. The maximum Gasteiger partial charge on any atom is 0.254 e. The van der Waals surface area contributed by atoms with Crippen LogP contribution in [-0.4, -0.2) is 74.0 Å². The zero-order valence-corrected chi connectivity index (χ0v) is 22.0. The van der Waals surface area contributed by atoms with Gasteiger partial charge in [-0.25, -0.2) is 0 Å². The van der Waals surface area contributed by atoms with E-state index in [1.165, 1.54) is 0 Å². The quantitative estimate of drug-likeness (QED) is 0.523. The average Bonchev–Trinajstić information content (AvgIpc) is 3.00. The van der Waals surface area contributed by atoms with Gasteiger partial charge in [-0.2, -0.15) is 10.5 Å². The second-order valence-corrected chi connectivity index (χ2v) is 9.85. The zero-order valence-electron chi connectivity index (χ0n) is 22.0. The van der Waals surface area contributed by atoms with Gasteiger partial charge in [0, 0.05) is 63.5 Å². The second kappa shape index (κ2) is 11.3. The van der Waals surface area contributed by atoms with E-state index in [4.69, 9.17) is 0 Å². The number of rotatable bonds is 4. The predicted molar refractivity (Wildman–Crippen MR) is 150 cm³/mol. The van der Waals surface area contributed by atoms with Crippen molar-refractivity contribution in [2.24, 2.45) is 0 Å². The van der Waals surface area contributed by atoms with Gasteiger partial charge in [-0.1, -0.05) is 30.3 Å². The molecule has 2 aliphatic rings.